The van der Waals surface area contributed by atoms with Crippen molar-refractivity contribution < 1.29 is 4.57 Å². The van der Waals surface area contributed by atoms with Crippen LogP contribution in [0.4, 0.5) is 0 Å². The molecule has 0 fully saturated rings. The Balaban J connectivity index is 3.19. The predicted molar refractivity (Wildman–Crippen MR) is 53.2 cm³/mol. The van der Waals surface area contributed by atoms with E-state index in [1.165, 1.54) is 11.1 Å². The fourth-order valence-corrected chi connectivity index (χ4v) is 1.72. The van der Waals surface area contributed by atoms with E-state index in [2.05, 4.69) is 13.0 Å². The summed E-state index contributed by atoms with van der Waals surface area (Å²) >= 11 is 0. The molecule has 0 amide bonds. The summed E-state index contributed by atoms with van der Waals surface area (Å²) in [5.74, 6) is 0. The van der Waals surface area contributed by atoms with Gasteiger partial charge < -0.3 is 0 Å². The van der Waals surface area contributed by atoms with Crippen LogP contribution < -0.4 is 0 Å². The van der Waals surface area contributed by atoms with E-state index < -0.39 is 0 Å². The van der Waals surface area contributed by atoms with Crippen LogP contribution in [0.3, 0.4) is 0 Å². The van der Waals surface area contributed by atoms with Crippen LogP contribution in [-0.4, -0.2) is 0 Å². The third kappa shape index (κ3) is 1.73. The van der Waals surface area contributed by atoms with Crippen molar-refractivity contribution in [3.8, 4) is 0 Å². The number of hydrogen-bond donors (Lipinski definition) is 0. The van der Waals surface area contributed by atoms with Crippen LogP contribution in [0.15, 0.2) is 24.3 Å². The molecule has 2 heteroatoms. The lowest BCUT2D eigenvalue weighted by molar-refractivity contribution is 0.575. The van der Waals surface area contributed by atoms with Gasteiger partial charge in [-0.15, -0.1) is 0 Å². The summed E-state index contributed by atoms with van der Waals surface area (Å²) < 4.78 is 10.9. The van der Waals surface area contributed by atoms with Gasteiger partial charge >= 0.3 is 8.46 Å². The minimum Gasteiger partial charge on any atom is -0.0765 e. The van der Waals surface area contributed by atoms with Crippen molar-refractivity contribution in [3.63, 3.8) is 0 Å². The maximum atomic E-state index is 10.9. The third-order valence-corrected chi connectivity index (χ3v) is 2.85. The topological polar surface area (TPSA) is 17.1 Å². The third-order valence-electron chi connectivity index (χ3n) is 2.07. The van der Waals surface area contributed by atoms with E-state index in [1.54, 1.807) is 0 Å². The molecule has 0 heterocycles. The van der Waals surface area contributed by atoms with E-state index in [9.17, 15) is 4.57 Å². The van der Waals surface area contributed by atoms with Crippen LogP contribution >= 0.6 is 8.46 Å². The van der Waals surface area contributed by atoms with Gasteiger partial charge in [0.05, 0.1) is 0 Å². The first-order chi connectivity index (χ1) is 5.58. The van der Waals surface area contributed by atoms with Gasteiger partial charge in [-0.1, -0.05) is 28.8 Å². The number of aryl methyl sites for hydroxylation is 1. The SMILES string of the molecule is Cc1ccccc1C(C)(C)[PH+]=O. The summed E-state index contributed by atoms with van der Waals surface area (Å²) in [7, 11) is -0.292. The number of benzene rings is 1. The molecule has 0 aliphatic heterocycles. The second kappa shape index (κ2) is 3.37. The molecule has 64 valence electrons. The summed E-state index contributed by atoms with van der Waals surface area (Å²) in [5, 5.41) is -0.203. The monoisotopic (exact) mass is 181 g/mol. The first kappa shape index (κ1) is 9.41. The summed E-state index contributed by atoms with van der Waals surface area (Å²) in [4.78, 5) is 0. The van der Waals surface area contributed by atoms with Crippen LogP contribution in [0.1, 0.15) is 25.0 Å². The highest BCUT2D eigenvalue weighted by Gasteiger charge is 2.29. The fraction of sp³-hybridized carbons (Fsp3) is 0.400. The van der Waals surface area contributed by atoms with Crippen molar-refractivity contribution in [1.29, 1.82) is 0 Å². The molecule has 0 aromatic heterocycles. The quantitative estimate of drug-likeness (QED) is 0.640. The molecule has 0 N–H and O–H groups in total. The molecular formula is C10H14OP+. The van der Waals surface area contributed by atoms with Crippen molar-refractivity contribution >= 4 is 8.46 Å². The predicted octanol–water partition coefficient (Wildman–Crippen LogP) is 3.25. The van der Waals surface area contributed by atoms with Gasteiger partial charge in [0.1, 0.15) is 0 Å². The van der Waals surface area contributed by atoms with Crippen molar-refractivity contribution in [2.24, 2.45) is 0 Å². The van der Waals surface area contributed by atoms with E-state index in [4.69, 9.17) is 0 Å². The van der Waals surface area contributed by atoms with Crippen molar-refractivity contribution in [2.45, 2.75) is 25.9 Å². The number of hydrogen-bond acceptors (Lipinski definition) is 1. The van der Waals surface area contributed by atoms with Gasteiger partial charge in [-0.2, -0.15) is 0 Å². The highest BCUT2D eigenvalue weighted by molar-refractivity contribution is 7.25. The van der Waals surface area contributed by atoms with Crippen LogP contribution in [-0.2, 0) is 9.72 Å². The minimum absolute atomic E-state index is 0.203. The largest absolute Gasteiger partial charge is 0.335 e. The maximum Gasteiger partial charge on any atom is 0.335 e. The molecule has 1 rings (SSSR count). The van der Waals surface area contributed by atoms with Crippen LogP contribution in [0.2, 0.25) is 0 Å². The molecule has 0 saturated heterocycles. The van der Waals surface area contributed by atoms with Gasteiger partial charge in [0.25, 0.3) is 0 Å². The lowest BCUT2D eigenvalue weighted by Gasteiger charge is -2.12. The van der Waals surface area contributed by atoms with Crippen LogP contribution in [0.25, 0.3) is 0 Å². The molecule has 1 unspecified atom stereocenters. The zero-order valence-electron chi connectivity index (χ0n) is 7.72. The second-order valence-corrected chi connectivity index (χ2v) is 5.00. The maximum absolute atomic E-state index is 10.9. The van der Waals surface area contributed by atoms with Gasteiger partial charge in [0.2, 0.25) is 0 Å². The van der Waals surface area contributed by atoms with Crippen molar-refractivity contribution in [1.82, 2.24) is 0 Å². The first-order valence-corrected chi connectivity index (χ1v) is 4.94. The summed E-state index contributed by atoms with van der Waals surface area (Å²) in [6.07, 6.45) is 0. The Morgan fingerprint density at radius 2 is 1.83 bits per heavy atom. The molecule has 1 atom stereocenters. The van der Waals surface area contributed by atoms with Gasteiger partial charge in [-0.3, -0.25) is 0 Å². The molecule has 1 aromatic carbocycles. The Morgan fingerprint density at radius 1 is 1.25 bits per heavy atom. The molecule has 12 heavy (non-hydrogen) atoms. The molecular weight excluding hydrogens is 167 g/mol. The highest BCUT2D eigenvalue weighted by Crippen LogP contribution is 2.35. The van der Waals surface area contributed by atoms with Crippen LogP contribution in [0, 0.1) is 6.92 Å². The average Bonchev–Trinajstić information content (AvgIpc) is 2.05. The van der Waals surface area contributed by atoms with E-state index in [-0.39, 0.29) is 13.6 Å². The van der Waals surface area contributed by atoms with E-state index in [1.807, 2.05) is 32.0 Å². The van der Waals surface area contributed by atoms with Gasteiger partial charge in [-0.05, 0) is 26.3 Å². The van der Waals surface area contributed by atoms with E-state index in [0.29, 0.717) is 0 Å². The zero-order chi connectivity index (χ0) is 9.19. The second-order valence-electron chi connectivity index (χ2n) is 3.54. The van der Waals surface area contributed by atoms with Crippen molar-refractivity contribution in [3.05, 3.63) is 35.4 Å². The summed E-state index contributed by atoms with van der Waals surface area (Å²) in [6, 6.07) is 8.09. The number of rotatable bonds is 2. The molecule has 0 aliphatic rings. The summed E-state index contributed by atoms with van der Waals surface area (Å²) in [5.41, 5.74) is 2.39. The van der Waals surface area contributed by atoms with Gasteiger partial charge in [0.15, 0.2) is 5.16 Å². The zero-order valence-corrected chi connectivity index (χ0v) is 8.72. The Labute approximate surface area is 75.0 Å². The smallest absolute Gasteiger partial charge is 0.0765 e. The van der Waals surface area contributed by atoms with Gasteiger partial charge in [0, 0.05) is 5.56 Å². The lowest BCUT2D eigenvalue weighted by atomic mass is 9.97. The van der Waals surface area contributed by atoms with Crippen molar-refractivity contribution in [2.75, 3.05) is 0 Å². The molecule has 1 nitrogen and oxygen atoms in total. The molecule has 1 aromatic rings. The molecule has 0 spiro atoms. The normalized spacial score (nSPS) is 11.9. The highest BCUT2D eigenvalue weighted by atomic mass is 31.1. The molecule has 0 saturated carbocycles. The average molecular weight is 181 g/mol. The standard InChI is InChI=1S/C10H13OP/c1-8-6-4-5-7-9(8)10(2,3)12-11/h4-7H,1-3H3/p+1. The molecule has 0 radical (unpaired) electrons. The van der Waals surface area contributed by atoms with Gasteiger partial charge in [-0.25, -0.2) is 0 Å². The Hall–Kier alpha value is -0.680. The summed E-state index contributed by atoms with van der Waals surface area (Å²) in [6.45, 7) is 6.05. The first-order valence-electron chi connectivity index (χ1n) is 4.03. The Morgan fingerprint density at radius 3 is 2.33 bits per heavy atom. The molecule has 0 bridgehead atoms. The fourth-order valence-electron chi connectivity index (χ4n) is 1.33. The van der Waals surface area contributed by atoms with E-state index in [0.717, 1.165) is 0 Å². The minimum atomic E-state index is -0.292. The van der Waals surface area contributed by atoms with Crippen LogP contribution in [0.5, 0.6) is 0 Å². The Kier molecular flexibility index (Phi) is 2.64. The molecule has 0 aliphatic carbocycles. The Bertz CT molecular complexity index is 292. The lowest BCUT2D eigenvalue weighted by Crippen LogP contribution is -2.09. The van der Waals surface area contributed by atoms with E-state index >= 15 is 0 Å².